The predicted molar refractivity (Wildman–Crippen MR) is 205 cm³/mol. The van der Waals surface area contributed by atoms with E-state index in [0.717, 1.165) is 22.8 Å². The topological polar surface area (TPSA) is 89.4 Å². The zero-order chi connectivity index (χ0) is 38.7. The molecule has 12 heteroatoms. The first-order valence-electron chi connectivity index (χ1n) is 20.2. The van der Waals surface area contributed by atoms with Crippen LogP contribution in [0, 0.1) is 0 Å². The van der Waals surface area contributed by atoms with Crippen molar-refractivity contribution in [3.05, 3.63) is 167 Å². The van der Waals surface area contributed by atoms with E-state index in [9.17, 15) is 0 Å². The number of hydrogen-bond donors (Lipinski definition) is 0. The highest BCUT2D eigenvalue weighted by Gasteiger charge is 2.33. The van der Waals surface area contributed by atoms with E-state index in [1.165, 1.54) is 33.0 Å². The summed E-state index contributed by atoms with van der Waals surface area (Å²) in [6.45, 7) is 6.99. The third-order valence-electron chi connectivity index (χ3n) is 11.2. The van der Waals surface area contributed by atoms with Crippen LogP contribution in [0.4, 0.5) is 0 Å². The Balaban J connectivity index is 1.17. The molecule has 0 bridgehead atoms. The number of hydrogen-bond acceptors (Lipinski definition) is 8. The summed E-state index contributed by atoms with van der Waals surface area (Å²) in [5, 5.41) is 2.39. The van der Waals surface area contributed by atoms with Crippen molar-refractivity contribution in [3.8, 4) is 0 Å². The maximum absolute atomic E-state index is 6.03. The monoisotopic (exact) mass is 784 g/mol. The van der Waals surface area contributed by atoms with Crippen molar-refractivity contribution >= 4 is 10.8 Å². The minimum absolute atomic E-state index is 0.420. The fraction of sp³-hybridized carbons (Fsp3) is 0.348. The Kier molecular flexibility index (Phi) is 11.0. The van der Waals surface area contributed by atoms with Gasteiger partial charge in [0.05, 0.1) is 52.9 Å². The third kappa shape index (κ3) is 7.66. The summed E-state index contributed by atoms with van der Waals surface area (Å²) in [5.74, 6) is 0. The van der Waals surface area contributed by atoms with Crippen LogP contribution in [0.3, 0.4) is 0 Å². The maximum Gasteiger partial charge on any atom is 0.245 e. The van der Waals surface area contributed by atoms with E-state index in [1.54, 1.807) is 0 Å². The largest absolute Gasteiger partial charge is 0.341 e. The van der Waals surface area contributed by atoms with Crippen LogP contribution >= 0.6 is 0 Å². The summed E-state index contributed by atoms with van der Waals surface area (Å²) in [4.78, 5) is 0. The molecule has 0 spiro atoms. The number of nitrogens with zero attached hydrogens (tertiary/aromatic N) is 4. The molecule has 0 unspecified atom stereocenters. The van der Waals surface area contributed by atoms with Crippen LogP contribution in [0.25, 0.3) is 10.8 Å². The van der Waals surface area contributed by atoms with Crippen LogP contribution in [0.2, 0.25) is 0 Å². The van der Waals surface area contributed by atoms with Crippen LogP contribution in [0.5, 0.6) is 0 Å². The summed E-state index contributed by atoms with van der Waals surface area (Å²) in [6, 6.07) is 34.0. The number of benzene rings is 2. The minimum Gasteiger partial charge on any atom is -0.341 e. The van der Waals surface area contributed by atoms with Crippen LogP contribution in [0.15, 0.2) is 122 Å². The third-order valence-corrected chi connectivity index (χ3v) is 11.2. The summed E-state index contributed by atoms with van der Waals surface area (Å²) >= 11 is 0. The lowest BCUT2D eigenvalue weighted by molar-refractivity contribution is -0.703. The molecular formula is C46H48N4O8+4. The zero-order valence-corrected chi connectivity index (χ0v) is 32.4. The Morgan fingerprint density at radius 3 is 0.759 bits per heavy atom. The highest BCUT2D eigenvalue weighted by Crippen LogP contribution is 2.33. The Labute approximate surface area is 337 Å². The predicted octanol–water partition coefficient (Wildman–Crippen LogP) is 4.36. The van der Waals surface area contributed by atoms with E-state index in [-0.39, 0.29) is 0 Å². The molecule has 4 aromatic heterocycles. The van der Waals surface area contributed by atoms with E-state index >= 15 is 0 Å². The van der Waals surface area contributed by atoms with E-state index in [2.05, 4.69) is 116 Å². The van der Waals surface area contributed by atoms with Crippen LogP contribution in [0.1, 0.15) is 70.2 Å². The molecule has 296 valence electrons. The Hall–Kier alpha value is -5.02. The number of aromatic nitrogens is 4. The second-order valence-corrected chi connectivity index (χ2v) is 14.8. The number of rotatable bonds is 12. The van der Waals surface area contributed by atoms with Crippen molar-refractivity contribution in [3.63, 3.8) is 0 Å². The zero-order valence-electron chi connectivity index (χ0n) is 32.4. The lowest BCUT2D eigenvalue weighted by atomic mass is 9.90. The molecule has 2 aromatic carbocycles. The van der Waals surface area contributed by atoms with Gasteiger partial charge >= 0.3 is 0 Å². The molecule has 0 radical (unpaired) electrons. The highest BCUT2D eigenvalue weighted by molar-refractivity contribution is 5.94. The van der Waals surface area contributed by atoms with Gasteiger partial charge in [-0.25, -0.2) is 0 Å². The summed E-state index contributed by atoms with van der Waals surface area (Å²) in [6.07, 6.45) is 6.78. The lowest BCUT2D eigenvalue weighted by Gasteiger charge is -2.18. The van der Waals surface area contributed by atoms with E-state index < -0.39 is 25.2 Å². The van der Waals surface area contributed by atoms with Crippen molar-refractivity contribution in [2.75, 3.05) is 52.9 Å². The average molecular weight is 785 g/mol. The quantitative estimate of drug-likeness (QED) is 0.169. The van der Waals surface area contributed by atoms with Gasteiger partial charge in [0, 0.05) is 81.6 Å². The molecule has 6 aromatic rings. The maximum atomic E-state index is 6.03. The molecule has 10 rings (SSSR count). The molecule has 4 aliphatic rings. The van der Waals surface area contributed by atoms with Gasteiger partial charge in [0.1, 0.15) is 0 Å². The van der Waals surface area contributed by atoms with Gasteiger partial charge in [-0.15, -0.1) is 0 Å². The van der Waals surface area contributed by atoms with Crippen LogP contribution in [-0.4, -0.2) is 52.9 Å². The van der Waals surface area contributed by atoms with Crippen molar-refractivity contribution in [1.82, 2.24) is 0 Å². The van der Waals surface area contributed by atoms with Gasteiger partial charge in [-0.3, -0.25) is 0 Å². The molecule has 0 atom stereocenters. The number of pyridine rings is 4. The van der Waals surface area contributed by atoms with Gasteiger partial charge < -0.3 is 37.9 Å². The van der Waals surface area contributed by atoms with Crippen molar-refractivity contribution in [2.24, 2.45) is 0 Å². The lowest BCUT2D eigenvalue weighted by Crippen LogP contribution is -2.42. The first-order chi connectivity index (χ1) is 28.8. The molecule has 0 N–H and O–H groups in total. The molecule has 58 heavy (non-hydrogen) atoms. The Morgan fingerprint density at radius 1 is 0.310 bits per heavy atom. The normalized spacial score (nSPS) is 18.3. The fourth-order valence-corrected chi connectivity index (χ4v) is 8.56. The molecular weight excluding hydrogens is 737 g/mol. The molecule has 0 saturated carbocycles. The van der Waals surface area contributed by atoms with Crippen molar-refractivity contribution in [2.45, 2.75) is 51.3 Å². The molecule has 12 nitrogen and oxygen atoms in total. The van der Waals surface area contributed by atoms with Gasteiger partial charge in [-0.05, 0) is 24.3 Å². The fourth-order valence-electron chi connectivity index (χ4n) is 8.56. The molecule has 8 heterocycles. The minimum atomic E-state index is -0.420. The van der Waals surface area contributed by atoms with E-state index in [1.807, 2.05) is 24.3 Å². The standard InChI is InChI=1S/C46H48N4O8/c1-5-17-47(37(9-1)43-51-21-22-52-43)29-33-13-14-35(31-49-19-7-3-11-39(49)45-55-25-26-56-45)42-36(32-50-20-8-4-12-40(50)46-57-27-28-58-46)16-15-34(41(33)42)30-48-18-6-2-10-38(48)44-53-23-24-54-44/h1-20,43-46H,21-32H2/q+4. The van der Waals surface area contributed by atoms with Gasteiger partial charge in [0.2, 0.25) is 47.9 Å². The van der Waals surface area contributed by atoms with Crippen molar-refractivity contribution in [1.29, 1.82) is 0 Å². The first kappa shape index (κ1) is 37.3. The van der Waals surface area contributed by atoms with Gasteiger partial charge in [0.25, 0.3) is 0 Å². The molecule has 0 aliphatic carbocycles. The molecule has 4 aliphatic heterocycles. The van der Waals surface area contributed by atoms with Crippen LogP contribution in [-0.2, 0) is 64.1 Å². The summed E-state index contributed by atoms with van der Waals surface area (Å²) < 4.78 is 57.2. The van der Waals surface area contributed by atoms with Gasteiger partial charge in [-0.1, -0.05) is 24.3 Å². The average Bonchev–Trinajstić information content (AvgIpc) is 4.13. The molecule has 4 saturated heterocycles. The van der Waals surface area contributed by atoms with Gasteiger partial charge in [0.15, 0.2) is 51.0 Å². The second kappa shape index (κ2) is 17.1. The highest BCUT2D eigenvalue weighted by atomic mass is 16.7. The molecule has 4 fully saturated rings. The number of ether oxygens (including phenoxy) is 8. The first-order valence-corrected chi connectivity index (χ1v) is 20.2. The van der Waals surface area contributed by atoms with Crippen molar-refractivity contribution < 1.29 is 56.2 Å². The number of fused-ring (bicyclic) bond motifs is 1. The molecule has 0 amide bonds. The Morgan fingerprint density at radius 2 is 0.534 bits per heavy atom. The van der Waals surface area contributed by atoms with E-state index in [0.29, 0.717) is 79.0 Å². The SMILES string of the molecule is c1cc[n+](Cc2ccc(C[n+]3ccccc3C3OCCO3)c3c(C[n+]4ccccc4C4OCCO4)ccc(C[n+]4ccccc4C4OCCO4)c23)c(C2OCCO2)c1. The smallest absolute Gasteiger partial charge is 0.245 e. The van der Waals surface area contributed by atoms with Crippen LogP contribution < -0.4 is 18.3 Å². The van der Waals surface area contributed by atoms with E-state index in [4.69, 9.17) is 37.9 Å². The Bertz CT molecular complexity index is 2060. The summed E-state index contributed by atoms with van der Waals surface area (Å²) in [5.41, 5.74) is 8.63. The van der Waals surface area contributed by atoms with Gasteiger partial charge in [-0.2, -0.15) is 18.3 Å². The summed E-state index contributed by atoms with van der Waals surface area (Å²) in [7, 11) is 0. The second-order valence-electron chi connectivity index (χ2n) is 14.8.